The van der Waals surface area contributed by atoms with Gasteiger partial charge in [-0.1, -0.05) is 32.6 Å². The summed E-state index contributed by atoms with van der Waals surface area (Å²) in [5.74, 6) is 0. The minimum atomic E-state index is -0.992. The zero-order valence-corrected chi connectivity index (χ0v) is 11.2. The molecule has 1 heterocycles. The van der Waals surface area contributed by atoms with Crippen molar-refractivity contribution in [3.63, 3.8) is 0 Å². The molecule has 0 aliphatic carbocycles. The molecule has 0 amide bonds. The highest BCUT2D eigenvalue weighted by Gasteiger charge is 2.33. The third kappa shape index (κ3) is 2.66. The Balaban J connectivity index is 2.21. The first-order valence-corrected chi connectivity index (χ1v) is 7.47. The van der Waals surface area contributed by atoms with Gasteiger partial charge in [-0.15, -0.1) is 0 Å². The Labute approximate surface area is 99.6 Å². The van der Waals surface area contributed by atoms with Crippen LogP contribution in [0.25, 0.3) is 0 Å². The quantitative estimate of drug-likeness (QED) is 0.739. The highest BCUT2D eigenvalue weighted by molar-refractivity contribution is 9.10. The Morgan fingerprint density at radius 1 is 1.40 bits per heavy atom. The lowest BCUT2D eigenvalue weighted by molar-refractivity contribution is 0.268. The van der Waals surface area contributed by atoms with Gasteiger partial charge in [0, 0.05) is 11.0 Å². The van der Waals surface area contributed by atoms with E-state index in [1.54, 1.807) is 0 Å². The van der Waals surface area contributed by atoms with Gasteiger partial charge >= 0.3 is 7.80 Å². The van der Waals surface area contributed by atoms with Crippen LogP contribution in [0.3, 0.4) is 0 Å². The fourth-order valence-corrected chi connectivity index (χ4v) is 3.75. The van der Waals surface area contributed by atoms with Crippen LogP contribution in [-0.4, -0.2) is 30.8 Å². The Hall–Kier alpha value is -0.240. The summed E-state index contributed by atoms with van der Waals surface area (Å²) in [6.07, 6.45) is 1.65. The maximum absolute atomic E-state index is 11.6. The van der Waals surface area contributed by atoms with E-state index in [4.69, 9.17) is 0 Å². The molecule has 1 aliphatic rings. The van der Waals surface area contributed by atoms with Crippen molar-refractivity contribution in [2.75, 3.05) is 25.9 Å². The van der Waals surface area contributed by atoms with Gasteiger partial charge in [0.05, 0.1) is 6.04 Å². The molecule has 0 N–H and O–H groups in total. The average Bonchev–Trinajstić information content (AvgIpc) is 2.23. The zero-order chi connectivity index (χ0) is 10.8. The molecule has 2 atom stereocenters. The van der Waals surface area contributed by atoms with Crippen LogP contribution in [0.2, 0.25) is 0 Å². The maximum Gasteiger partial charge on any atom is 0.342 e. The van der Waals surface area contributed by atoms with Crippen LogP contribution in [0.4, 0.5) is 0 Å². The molecule has 0 saturated carbocycles. The van der Waals surface area contributed by atoms with E-state index < -0.39 is 7.80 Å². The molecule has 2 nitrogen and oxygen atoms in total. The molecule has 2 unspecified atom stereocenters. The van der Waals surface area contributed by atoms with E-state index in [1.165, 1.54) is 5.56 Å². The van der Waals surface area contributed by atoms with Crippen LogP contribution < -0.4 is 0 Å². The minimum Gasteiger partial charge on any atom is -0.291 e. The summed E-state index contributed by atoms with van der Waals surface area (Å²) in [7, 11) is 1.11. The molecule has 1 saturated heterocycles. The van der Waals surface area contributed by atoms with E-state index in [0.717, 1.165) is 23.3 Å². The van der Waals surface area contributed by atoms with Crippen molar-refractivity contribution < 1.29 is 4.57 Å². The van der Waals surface area contributed by atoms with E-state index in [1.807, 2.05) is 12.1 Å². The number of halogens is 1. The van der Waals surface area contributed by atoms with Gasteiger partial charge in [0.2, 0.25) is 0 Å². The lowest BCUT2D eigenvalue weighted by atomic mass is 10.1. The van der Waals surface area contributed by atoms with E-state index in [2.05, 4.69) is 40.0 Å². The number of benzene rings is 1. The second-order valence-electron chi connectivity index (χ2n) is 3.94. The van der Waals surface area contributed by atoms with E-state index in [0.29, 0.717) is 6.04 Å². The van der Waals surface area contributed by atoms with Gasteiger partial charge in [-0.05, 0) is 24.7 Å². The van der Waals surface area contributed by atoms with Crippen molar-refractivity contribution in [1.82, 2.24) is 4.90 Å². The van der Waals surface area contributed by atoms with Gasteiger partial charge in [-0.25, -0.2) is 0 Å². The topological polar surface area (TPSA) is 20.3 Å². The molecule has 0 spiro atoms. The normalized spacial score (nSPS) is 25.5. The standard InChI is InChI=1S/C11H14BrNOP/c1-13-6-7-15(14)8-11(13)9-2-4-10(12)5-3-9/h2-5,11H,6-8H2,1H3/q+1. The van der Waals surface area contributed by atoms with Crippen molar-refractivity contribution in [2.24, 2.45) is 0 Å². The minimum absolute atomic E-state index is 0.329. The Morgan fingerprint density at radius 3 is 2.73 bits per heavy atom. The van der Waals surface area contributed by atoms with Crippen LogP contribution in [0, 0.1) is 0 Å². The van der Waals surface area contributed by atoms with Crippen molar-refractivity contribution in [1.29, 1.82) is 0 Å². The third-order valence-corrected chi connectivity index (χ3v) is 4.85. The van der Waals surface area contributed by atoms with Gasteiger partial charge < -0.3 is 0 Å². The van der Waals surface area contributed by atoms with Crippen LogP contribution in [0.15, 0.2) is 28.7 Å². The summed E-state index contributed by atoms with van der Waals surface area (Å²) in [6.45, 7) is 0.940. The number of hydrogen-bond acceptors (Lipinski definition) is 2. The molecule has 80 valence electrons. The van der Waals surface area contributed by atoms with E-state index in [-0.39, 0.29) is 0 Å². The lowest BCUT2D eigenvalue weighted by Crippen LogP contribution is -2.32. The Morgan fingerprint density at radius 2 is 2.07 bits per heavy atom. The fourth-order valence-electron chi connectivity index (χ4n) is 1.89. The molecular formula is C11H14BrNOP+. The van der Waals surface area contributed by atoms with Crippen LogP contribution in [0.1, 0.15) is 11.6 Å². The van der Waals surface area contributed by atoms with Crippen molar-refractivity contribution in [3.8, 4) is 0 Å². The summed E-state index contributed by atoms with van der Waals surface area (Å²) in [5.41, 5.74) is 1.27. The molecule has 1 fully saturated rings. The molecule has 15 heavy (non-hydrogen) atoms. The van der Waals surface area contributed by atoms with E-state index >= 15 is 0 Å². The first-order chi connectivity index (χ1) is 7.16. The molecule has 1 aromatic carbocycles. The molecule has 0 bridgehead atoms. The second kappa shape index (κ2) is 4.73. The van der Waals surface area contributed by atoms with Gasteiger partial charge in [-0.3, -0.25) is 4.90 Å². The van der Waals surface area contributed by atoms with Gasteiger partial charge in [0.1, 0.15) is 0 Å². The largest absolute Gasteiger partial charge is 0.342 e. The van der Waals surface area contributed by atoms with Gasteiger partial charge in [0.15, 0.2) is 12.3 Å². The summed E-state index contributed by atoms with van der Waals surface area (Å²) >= 11 is 3.43. The Kier molecular flexibility index (Phi) is 3.55. The molecule has 1 aliphatic heterocycles. The molecule has 2 rings (SSSR count). The average molecular weight is 287 g/mol. The Bertz CT molecular complexity index is 365. The molecular weight excluding hydrogens is 273 g/mol. The predicted octanol–water partition coefficient (Wildman–Crippen LogP) is 3.26. The highest BCUT2D eigenvalue weighted by atomic mass is 79.9. The molecule has 4 heteroatoms. The van der Waals surface area contributed by atoms with Crippen molar-refractivity contribution >= 4 is 23.7 Å². The number of hydrogen-bond donors (Lipinski definition) is 0. The summed E-state index contributed by atoms with van der Waals surface area (Å²) in [4.78, 5) is 2.29. The van der Waals surface area contributed by atoms with Crippen LogP contribution in [0.5, 0.6) is 0 Å². The van der Waals surface area contributed by atoms with Crippen LogP contribution in [-0.2, 0) is 4.57 Å². The SMILES string of the molecule is CN1CC[P+](=O)CC1c1ccc(Br)cc1. The lowest BCUT2D eigenvalue weighted by Gasteiger charge is -2.27. The zero-order valence-electron chi connectivity index (χ0n) is 8.69. The molecule has 0 radical (unpaired) electrons. The first-order valence-electron chi connectivity index (χ1n) is 5.04. The highest BCUT2D eigenvalue weighted by Crippen LogP contribution is 2.36. The van der Waals surface area contributed by atoms with Gasteiger partial charge in [-0.2, -0.15) is 0 Å². The maximum atomic E-state index is 11.6. The number of rotatable bonds is 1. The molecule has 0 aromatic heterocycles. The van der Waals surface area contributed by atoms with Gasteiger partial charge in [0.25, 0.3) is 0 Å². The van der Waals surface area contributed by atoms with Crippen molar-refractivity contribution in [2.45, 2.75) is 6.04 Å². The number of nitrogens with zero attached hydrogens (tertiary/aromatic N) is 1. The predicted molar refractivity (Wildman–Crippen MR) is 66.9 cm³/mol. The third-order valence-electron chi connectivity index (χ3n) is 2.87. The second-order valence-corrected chi connectivity index (χ2v) is 6.63. The molecule has 1 aromatic rings. The fraction of sp³-hybridized carbons (Fsp3) is 0.455. The summed E-state index contributed by atoms with van der Waals surface area (Å²) in [6, 6.07) is 8.64. The van der Waals surface area contributed by atoms with Crippen molar-refractivity contribution in [3.05, 3.63) is 34.3 Å². The monoisotopic (exact) mass is 286 g/mol. The van der Waals surface area contributed by atoms with E-state index in [9.17, 15) is 4.57 Å². The van der Waals surface area contributed by atoms with Crippen LogP contribution >= 0.6 is 23.7 Å². The summed E-state index contributed by atoms with van der Waals surface area (Å²) in [5, 5.41) is 0. The smallest absolute Gasteiger partial charge is 0.291 e. The first kappa shape index (κ1) is 11.3. The summed E-state index contributed by atoms with van der Waals surface area (Å²) < 4.78 is 12.7.